The summed E-state index contributed by atoms with van der Waals surface area (Å²) in [6, 6.07) is 6.93. The highest BCUT2D eigenvalue weighted by Gasteiger charge is 2.32. The van der Waals surface area contributed by atoms with Crippen molar-refractivity contribution in [1.29, 1.82) is 5.26 Å². The minimum absolute atomic E-state index is 0.500. The van der Waals surface area contributed by atoms with E-state index in [1.807, 2.05) is 17.0 Å². The van der Waals surface area contributed by atoms with Gasteiger partial charge in [0, 0.05) is 61.8 Å². The zero-order chi connectivity index (χ0) is 17.1. The molecule has 1 fully saturated rings. The number of nitriles is 1. The van der Waals surface area contributed by atoms with Gasteiger partial charge in [0.25, 0.3) is 0 Å². The van der Waals surface area contributed by atoms with E-state index < -0.39 is 12.0 Å². The van der Waals surface area contributed by atoms with Crippen LogP contribution in [0.2, 0.25) is 5.02 Å². The number of rotatable bonds is 5. The molecule has 6 nitrogen and oxygen atoms in total. The molecule has 0 spiro atoms. The lowest BCUT2D eigenvalue weighted by Gasteiger charge is -2.37. The van der Waals surface area contributed by atoms with Crippen LogP contribution in [0.15, 0.2) is 24.4 Å². The van der Waals surface area contributed by atoms with Crippen LogP contribution in [-0.2, 0) is 4.79 Å². The average Bonchev–Trinajstić information content (AvgIpc) is 2.99. The second-order valence-corrected chi connectivity index (χ2v) is 6.34. The van der Waals surface area contributed by atoms with Gasteiger partial charge in [-0.15, -0.1) is 0 Å². The summed E-state index contributed by atoms with van der Waals surface area (Å²) < 4.78 is 0. The van der Waals surface area contributed by atoms with Gasteiger partial charge in [-0.1, -0.05) is 17.7 Å². The summed E-state index contributed by atoms with van der Waals surface area (Å²) in [6.45, 7) is 3.57. The highest BCUT2D eigenvalue weighted by atomic mass is 35.5. The lowest BCUT2D eigenvalue weighted by molar-refractivity contribution is -0.144. The Balaban J connectivity index is 1.84. The van der Waals surface area contributed by atoms with Crippen molar-refractivity contribution in [3.05, 3.63) is 35.0 Å². The Labute approximate surface area is 145 Å². The van der Waals surface area contributed by atoms with Crippen molar-refractivity contribution in [3.63, 3.8) is 0 Å². The van der Waals surface area contributed by atoms with Gasteiger partial charge in [0.1, 0.15) is 6.04 Å². The molecule has 0 amide bonds. The van der Waals surface area contributed by atoms with Crippen molar-refractivity contribution in [2.24, 2.45) is 0 Å². The summed E-state index contributed by atoms with van der Waals surface area (Å²) in [5.74, 6) is -0.874. The number of carbonyl (C=O) groups is 1. The molecule has 24 heavy (non-hydrogen) atoms. The summed E-state index contributed by atoms with van der Waals surface area (Å²) in [7, 11) is 0. The molecular weight excluding hydrogens is 328 g/mol. The number of aromatic amines is 1. The van der Waals surface area contributed by atoms with E-state index in [-0.39, 0.29) is 0 Å². The fourth-order valence-corrected chi connectivity index (χ4v) is 3.60. The number of H-pyrrole nitrogens is 1. The summed E-state index contributed by atoms with van der Waals surface area (Å²) in [4.78, 5) is 19.2. The lowest BCUT2D eigenvalue weighted by atomic mass is 10.0. The molecule has 1 aliphatic heterocycles. The Morgan fingerprint density at radius 3 is 2.79 bits per heavy atom. The molecule has 0 aliphatic carbocycles. The first kappa shape index (κ1) is 16.8. The SMILES string of the molecule is N#CCCN1CCN([C@H](C(=O)O)c2c[nH]c3cccc(Cl)c23)CC1. The number of carboxylic acid groups (broad SMARTS) is 1. The minimum atomic E-state index is -0.874. The molecule has 2 aromatic rings. The third kappa shape index (κ3) is 3.24. The molecule has 0 radical (unpaired) electrons. The van der Waals surface area contributed by atoms with Gasteiger partial charge in [-0.05, 0) is 12.1 Å². The van der Waals surface area contributed by atoms with Crippen LogP contribution in [0.1, 0.15) is 18.0 Å². The van der Waals surface area contributed by atoms with Crippen LogP contribution >= 0.6 is 11.6 Å². The summed E-state index contributed by atoms with van der Waals surface area (Å²) >= 11 is 6.30. The van der Waals surface area contributed by atoms with E-state index in [0.717, 1.165) is 30.5 Å². The molecule has 1 aromatic carbocycles. The maximum Gasteiger partial charge on any atom is 0.325 e. The van der Waals surface area contributed by atoms with E-state index in [1.165, 1.54) is 0 Å². The van der Waals surface area contributed by atoms with Crippen molar-refractivity contribution >= 4 is 28.5 Å². The number of aromatic nitrogens is 1. The number of halogens is 1. The maximum atomic E-state index is 12.0. The maximum absolute atomic E-state index is 12.0. The second-order valence-electron chi connectivity index (χ2n) is 5.93. The van der Waals surface area contributed by atoms with Crippen LogP contribution in [0.5, 0.6) is 0 Å². The van der Waals surface area contributed by atoms with Crippen molar-refractivity contribution in [1.82, 2.24) is 14.8 Å². The first-order valence-corrected chi connectivity index (χ1v) is 8.31. The van der Waals surface area contributed by atoms with Crippen molar-refractivity contribution in [2.75, 3.05) is 32.7 Å². The monoisotopic (exact) mass is 346 g/mol. The Bertz CT molecular complexity index is 774. The molecule has 7 heteroatoms. The second kappa shape index (κ2) is 7.22. The fourth-order valence-electron chi connectivity index (χ4n) is 3.32. The van der Waals surface area contributed by atoms with Crippen LogP contribution in [-0.4, -0.2) is 58.6 Å². The van der Waals surface area contributed by atoms with Gasteiger partial charge in [0.2, 0.25) is 0 Å². The summed E-state index contributed by atoms with van der Waals surface area (Å²) in [5.41, 5.74) is 1.55. The fraction of sp³-hybridized carbons (Fsp3) is 0.412. The predicted molar refractivity (Wildman–Crippen MR) is 91.9 cm³/mol. The molecule has 126 valence electrons. The molecule has 1 aliphatic rings. The smallest absolute Gasteiger partial charge is 0.325 e. The molecule has 0 saturated carbocycles. The van der Waals surface area contributed by atoms with Crippen LogP contribution in [0.3, 0.4) is 0 Å². The summed E-state index contributed by atoms with van der Waals surface area (Å²) in [6.07, 6.45) is 2.25. The Hall–Kier alpha value is -2.07. The van der Waals surface area contributed by atoms with E-state index in [2.05, 4.69) is 16.0 Å². The molecule has 2 N–H and O–H groups in total. The van der Waals surface area contributed by atoms with Gasteiger partial charge in [0.05, 0.1) is 11.1 Å². The number of fused-ring (bicyclic) bond motifs is 1. The largest absolute Gasteiger partial charge is 0.480 e. The molecule has 0 unspecified atom stereocenters. The quantitative estimate of drug-likeness (QED) is 0.869. The lowest BCUT2D eigenvalue weighted by Crippen LogP contribution is -2.49. The predicted octanol–water partition coefficient (Wildman–Crippen LogP) is 2.48. The van der Waals surface area contributed by atoms with E-state index >= 15 is 0 Å². The average molecular weight is 347 g/mol. The van der Waals surface area contributed by atoms with Crippen LogP contribution < -0.4 is 0 Å². The molecule has 3 rings (SSSR count). The molecule has 1 aromatic heterocycles. The number of benzene rings is 1. The number of aliphatic carboxylic acids is 1. The molecule has 1 atom stereocenters. The van der Waals surface area contributed by atoms with Gasteiger partial charge in [-0.2, -0.15) is 5.26 Å². The van der Waals surface area contributed by atoms with Gasteiger partial charge in [-0.3, -0.25) is 14.6 Å². The highest BCUT2D eigenvalue weighted by molar-refractivity contribution is 6.35. The molecule has 0 bridgehead atoms. The third-order valence-corrected chi connectivity index (χ3v) is 4.84. The van der Waals surface area contributed by atoms with Gasteiger partial charge >= 0.3 is 5.97 Å². The first-order chi connectivity index (χ1) is 11.6. The Morgan fingerprint density at radius 1 is 1.38 bits per heavy atom. The number of nitrogens with zero attached hydrogens (tertiary/aromatic N) is 3. The van der Waals surface area contributed by atoms with Crippen molar-refractivity contribution in [3.8, 4) is 6.07 Å². The standard InChI is InChI=1S/C17H19ClN4O2/c18-13-3-1-4-14-15(13)12(11-20-14)16(17(23)24)22-9-7-21(8-10-22)6-2-5-19/h1,3-4,11,16,20H,2,6-10H2,(H,23,24)/t16-/m0/s1. The van der Waals surface area contributed by atoms with Gasteiger partial charge in [0.15, 0.2) is 0 Å². The normalized spacial score (nSPS) is 17.7. The van der Waals surface area contributed by atoms with Gasteiger partial charge in [-0.25, -0.2) is 0 Å². The van der Waals surface area contributed by atoms with E-state index in [9.17, 15) is 9.90 Å². The number of hydrogen-bond acceptors (Lipinski definition) is 4. The van der Waals surface area contributed by atoms with Crippen molar-refractivity contribution in [2.45, 2.75) is 12.5 Å². The Kier molecular flexibility index (Phi) is 5.05. The highest BCUT2D eigenvalue weighted by Crippen LogP contribution is 2.33. The van der Waals surface area contributed by atoms with E-state index in [0.29, 0.717) is 30.1 Å². The van der Waals surface area contributed by atoms with Gasteiger partial charge < -0.3 is 10.1 Å². The minimum Gasteiger partial charge on any atom is -0.480 e. The molecule has 2 heterocycles. The first-order valence-electron chi connectivity index (χ1n) is 7.93. The molecular formula is C17H19ClN4O2. The van der Waals surface area contributed by atoms with Crippen molar-refractivity contribution < 1.29 is 9.90 Å². The topological polar surface area (TPSA) is 83.4 Å². The number of piperazine rings is 1. The van der Waals surface area contributed by atoms with Crippen LogP contribution in [0, 0.1) is 11.3 Å². The molecule has 1 saturated heterocycles. The summed E-state index contributed by atoms with van der Waals surface area (Å²) in [5, 5.41) is 19.8. The van der Waals surface area contributed by atoms with Crippen LogP contribution in [0.4, 0.5) is 0 Å². The zero-order valence-electron chi connectivity index (χ0n) is 13.2. The zero-order valence-corrected chi connectivity index (χ0v) is 14.0. The number of carboxylic acids is 1. The third-order valence-electron chi connectivity index (χ3n) is 4.53. The number of hydrogen-bond donors (Lipinski definition) is 2. The Morgan fingerprint density at radius 2 is 2.12 bits per heavy atom. The number of nitrogens with one attached hydrogen (secondary N) is 1. The van der Waals surface area contributed by atoms with E-state index in [1.54, 1.807) is 12.3 Å². The van der Waals surface area contributed by atoms with E-state index in [4.69, 9.17) is 16.9 Å². The van der Waals surface area contributed by atoms with Crippen LogP contribution in [0.25, 0.3) is 10.9 Å².